The van der Waals surface area contributed by atoms with Crippen molar-refractivity contribution in [3.8, 4) is 0 Å². The smallest absolute Gasteiger partial charge is 0.258 e. The highest BCUT2D eigenvalue weighted by Gasteiger charge is 2.34. The molecular weight excluding hydrogens is 252 g/mol. The van der Waals surface area contributed by atoms with Gasteiger partial charge in [-0.05, 0) is 24.4 Å². The molecule has 0 aromatic carbocycles. The summed E-state index contributed by atoms with van der Waals surface area (Å²) in [6, 6.07) is 0. The van der Waals surface area contributed by atoms with Gasteiger partial charge in [0.05, 0.1) is 6.61 Å². The van der Waals surface area contributed by atoms with E-state index in [1.54, 1.807) is 12.2 Å². The van der Waals surface area contributed by atoms with Crippen LogP contribution in [0.2, 0.25) is 0 Å². The highest BCUT2D eigenvalue weighted by Crippen LogP contribution is 2.36. The number of aromatic nitrogens is 1. The summed E-state index contributed by atoms with van der Waals surface area (Å²) >= 11 is 0. The van der Waals surface area contributed by atoms with Crippen LogP contribution in [0, 0.1) is 5.92 Å². The minimum Gasteiger partial charge on any atom is -0.392 e. The highest BCUT2D eigenvalue weighted by atomic mass is 16.3. The van der Waals surface area contributed by atoms with Crippen molar-refractivity contribution in [3.63, 3.8) is 0 Å². The average molecular weight is 272 g/mol. The van der Waals surface area contributed by atoms with Crippen molar-refractivity contribution in [2.45, 2.75) is 25.5 Å². The minimum absolute atomic E-state index is 0.0266. The standard InChI is InChI=1S/C16H20N2O2/c1-3-12-14(9-19)13(4-2)16(20)18-8-10-5-11(15(12)18)7-17-6-10/h3-4,10-11,17,19H,1-2,5-9H2. The topological polar surface area (TPSA) is 54.3 Å². The number of aliphatic hydroxyl groups is 1. The van der Waals surface area contributed by atoms with Crippen molar-refractivity contribution in [2.24, 2.45) is 5.92 Å². The van der Waals surface area contributed by atoms with Gasteiger partial charge >= 0.3 is 0 Å². The Balaban J connectivity index is 2.34. The Hall–Kier alpha value is -1.65. The quantitative estimate of drug-likeness (QED) is 0.873. The van der Waals surface area contributed by atoms with Crippen molar-refractivity contribution < 1.29 is 5.11 Å². The van der Waals surface area contributed by atoms with Crippen LogP contribution in [0.25, 0.3) is 12.2 Å². The van der Waals surface area contributed by atoms with Crippen LogP contribution in [0.15, 0.2) is 18.0 Å². The Morgan fingerprint density at radius 2 is 2.05 bits per heavy atom. The van der Waals surface area contributed by atoms with E-state index in [4.69, 9.17) is 0 Å². The Bertz CT molecular complexity index is 630. The zero-order valence-electron chi connectivity index (χ0n) is 11.6. The van der Waals surface area contributed by atoms with Gasteiger partial charge in [0.2, 0.25) is 0 Å². The van der Waals surface area contributed by atoms with Crippen LogP contribution in [0.5, 0.6) is 0 Å². The van der Waals surface area contributed by atoms with Gasteiger partial charge in [-0.1, -0.05) is 25.3 Å². The van der Waals surface area contributed by atoms with Crippen molar-refractivity contribution in [2.75, 3.05) is 13.1 Å². The van der Waals surface area contributed by atoms with E-state index in [-0.39, 0.29) is 12.2 Å². The van der Waals surface area contributed by atoms with Gasteiger partial charge in [0.15, 0.2) is 0 Å². The van der Waals surface area contributed by atoms with Gasteiger partial charge < -0.3 is 15.0 Å². The van der Waals surface area contributed by atoms with E-state index >= 15 is 0 Å². The summed E-state index contributed by atoms with van der Waals surface area (Å²) in [6.45, 7) is 10.0. The van der Waals surface area contributed by atoms with E-state index < -0.39 is 0 Å². The minimum atomic E-state index is -0.157. The summed E-state index contributed by atoms with van der Waals surface area (Å²) in [5.74, 6) is 0.835. The molecule has 0 radical (unpaired) electrons. The maximum atomic E-state index is 12.6. The summed E-state index contributed by atoms with van der Waals surface area (Å²) in [4.78, 5) is 12.6. The fourth-order valence-electron chi connectivity index (χ4n) is 3.70. The van der Waals surface area contributed by atoms with Crippen LogP contribution >= 0.6 is 0 Å². The second-order valence-electron chi connectivity index (χ2n) is 5.63. The molecule has 0 spiro atoms. The van der Waals surface area contributed by atoms with Gasteiger partial charge in [0.25, 0.3) is 5.56 Å². The lowest BCUT2D eigenvalue weighted by molar-refractivity contribution is 0.252. The van der Waals surface area contributed by atoms with Gasteiger partial charge in [-0.15, -0.1) is 0 Å². The number of pyridine rings is 1. The average Bonchev–Trinajstić information content (AvgIpc) is 2.47. The molecule has 4 heteroatoms. The Morgan fingerprint density at radius 3 is 2.70 bits per heavy atom. The van der Waals surface area contributed by atoms with E-state index in [2.05, 4.69) is 18.5 Å². The predicted octanol–water partition coefficient (Wildman–Crippen LogP) is 1.33. The van der Waals surface area contributed by atoms with Crippen molar-refractivity contribution in [3.05, 3.63) is 45.9 Å². The third-order valence-electron chi connectivity index (χ3n) is 4.53. The highest BCUT2D eigenvalue weighted by molar-refractivity contribution is 5.64. The number of rotatable bonds is 3. The van der Waals surface area contributed by atoms with Gasteiger partial charge in [0.1, 0.15) is 0 Å². The molecule has 3 rings (SSSR count). The number of hydrogen-bond acceptors (Lipinski definition) is 3. The number of nitrogens with one attached hydrogen (secondary N) is 1. The number of aliphatic hydroxyl groups excluding tert-OH is 1. The van der Waals surface area contributed by atoms with Crippen molar-refractivity contribution in [1.29, 1.82) is 0 Å². The zero-order chi connectivity index (χ0) is 14.3. The maximum Gasteiger partial charge on any atom is 0.258 e. The molecular formula is C16H20N2O2. The first-order chi connectivity index (χ1) is 9.71. The molecule has 1 fully saturated rings. The lowest BCUT2D eigenvalue weighted by Crippen LogP contribution is -2.46. The molecule has 2 N–H and O–H groups in total. The van der Waals surface area contributed by atoms with Crippen molar-refractivity contribution >= 4 is 12.2 Å². The van der Waals surface area contributed by atoms with Crippen LogP contribution in [-0.4, -0.2) is 22.8 Å². The fraction of sp³-hybridized carbons (Fsp3) is 0.438. The molecule has 0 saturated carbocycles. The molecule has 106 valence electrons. The van der Waals surface area contributed by atoms with Gasteiger partial charge in [-0.25, -0.2) is 0 Å². The first-order valence-corrected chi connectivity index (χ1v) is 7.07. The molecule has 2 unspecified atom stereocenters. The SMILES string of the molecule is C=Cc1c(CO)c(C=C)c(=O)n2c1C1CNCC(C1)C2. The largest absolute Gasteiger partial charge is 0.392 e. The van der Waals surface area contributed by atoms with E-state index in [1.165, 1.54) is 0 Å². The molecule has 0 amide bonds. The second kappa shape index (κ2) is 5.04. The molecule has 4 nitrogen and oxygen atoms in total. The van der Waals surface area contributed by atoms with Crippen molar-refractivity contribution in [1.82, 2.24) is 9.88 Å². The Labute approximate surface area is 118 Å². The molecule has 2 aliphatic rings. The van der Waals surface area contributed by atoms with Crippen LogP contribution < -0.4 is 10.9 Å². The third-order valence-corrected chi connectivity index (χ3v) is 4.53. The normalized spacial score (nSPS) is 24.1. The van der Waals surface area contributed by atoms with Gasteiger partial charge in [-0.2, -0.15) is 0 Å². The number of nitrogens with zero attached hydrogens (tertiary/aromatic N) is 1. The van der Waals surface area contributed by atoms with Gasteiger partial charge in [0, 0.05) is 35.8 Å². The van der Waals surface area contributed by atoms with Gasteiger partial charge in [-0.3, -0.25) is 4.79 Å². The summed E-state index contributed by atoms with van der Waals surface area (Å²) in [6.07, 6.45) is 4.42. The number of hydrogen-bond donors (Lipinski definition) is 2. The number of piperidine rings is 1. The molecule has 0 aliphatic carbocycles. The lowest BCUT2D eigenvalue weighted by atomic mass is 9.81. The summed E-state index contributed by atoms with van der Waals surface area (Å²) in [7, 11) is 0. The molecule has 2 aliphatic heterocycles. The van der Waals surface area contributed by atoms with Crippen LogP contribution in [0.1, 0.15) is 34.7 Å². The molecule has 2 bridgehead atoms. The van der Waals surface area contributed by atoms with Crippen LogP contribution in [-0.2, 0) is 13.2 Å². The molecule has 1 aromatic heterocycles. The molecule has 3 heterocycles. The summed E-state index contributed by atoms with van der Waals surface area (Å²) < 4.78 is 1.88. The summed E-state index contributed by atoms with van der Waals surface area (Å²) in [5, 5.41) is 13.1. The van der Waals surface area contributed by atoms with E-state index in [0.717, 1.165) is 37.3 Å². The molecule has 1 aromatic rings. The van der Waals surface area contributed by atoms with E-state index in [9.17, 15) is 9.90 Å². The van der Waals surface area contributed by atoms with Crippen LogP contribution in [0.3, 0.4) is 0 Å². The molecule has 20 heavy (non-hydrogen) atoms. The van der Waals surface area contributed by atoms with E-state index in [0.29, 0.717) is 23.0 Å². The maximum absolute atomic E-state index is 12.6. The molecule has 1 saturated heterocycles. The lowest BCUT2D eigenvalue weighted by Gasteiger charge is -2.39. The second-order valence-corrected chi connectivity index (χ2v) is 5.63. The molecule has 2 atom stereocenters. The number of fused-ring (bicyclic) bond motifs is 4. The Morgan fingerprint density at radius 1 is 1.30 bits per heavy atom. The summed E-state index contributed by atoms with van der Waals surface area (Å²) in [5.41, 5.74) is 3.09. The van der Waals surface area contributed by atoms with E-state index in [1.807, 2.05) is 4.57 Å². The third kappa shape index (κ3) is 1.79. The first-order valence-electron chi connectivity index (χ1n) is 7.07. The first kappa shape index (κ1) is 13.3. The fourth-order valence-corrected chi connectivity index (χ4v) is 3.70. The monoisotopic (exact) mass is 272 g/mol. The predicted molar refractivity (Wildman–Crippen MR) is 80.5 cm³/mol. The Kier molecular flexibility index (Phi) is 3.36. The zero-order valence-corrected chi connectivity index (χ0v) is 11.6. The van der Waals surface area contributed by atoms with Crippen LogP contribution in [0.4, 0.5) is 0 Å².